The maximum atomic E-state index is 10.7. The Morgan fingerprint density at radius 1 is 1.17 bits per heavy atom. The molecule has 6 nitrogen and oxygen atoms in total. The summed E-state index contributed by atoms with van der Waals surface area (Å²) in [4.78, 5) is 10.2. The fourth-order valence-corrected chi connectivity index (χ4v) is 2.28. The van der Waals surface area contributed by atoms with E-state index in [4.69, 9.17) is 12.2 Å². The summed E-state index contributed by atoms with van der Waals surface area (Å²) < 4.78 is 0. The number of nitrogens with zero attached hydrogens (tertiary/aromatic N) is 2. The third-order valence-electron chi connectivity index (χ3n) is 3.45. The van der Waals surface area contributed by atoms with Crippen LogP contribution in [-0.4, -0.2) is 15.7 Å². The number of nitro groups is 1. The fraction of sp³-hybridized carbons (Fsp3) is 0.176. The Morgan fingerprint density at radius 2 is 1.83 bits per heavy atom. The average molecular weight is 342 g/mol. The van der Waals surface area contributed by atoms with Gasteiger partial charge >= 0.3 is 0 Å². The molecule has 124 valence electrons. The van der Waals surface area contributed by atoms with Gasteiger partial charge in [0.25, 0.3) is 5.69 Å². The molecule has 0 radical (unpaired) electrons. The summed E-state index contributed by atoms with van der Waals surface area (Å²) in [5, 5.41) is 18.3. The molecule has 2 aromatic carbocycles. The molecule has 2 rings (SSSR count). The van der Waals surface area contributed by atoms with Crippen LogP contribution in [0.5, 0.6) is 0 Å². The standard InChI is InChI=1S/C17H18N4O2S/c1-11-4-9-16(12(2)10-11)18-17(24)20-19-13(3)14-5-7-15(8-6-14)21(22)23/h4-10H,1-3H3,(H2,18,20,24)/b19-13-. The van der Waals surface area contributed by atoms with Crippen LogP contribution in [0.2, 0.25) is 0 Å². The highest BCUT2D eigenvalue weighted by Gasteiger charge is 2.06. The van der Waals surface area contributed by atoms with E-state index in [9.17, 15) is 10.1 Å². The van der Waals surface area contributed by atoms with Crippen molar-refractivity contribution in [2.45, 2.75) is 20.8 Å². The molecule has 0 aliphatic heterocycles. The summed E-state index contributed by atoms with van der Waals surface area (Å²) >= 11 is 5.23. The number of thiocarbonyl (C=S) groups is 1. The van der Waals surface area contributed by atoms with Crippen LogP contribution in [0.3, 0.4) is 0 Å². The summed E-state index contributed by atoms with van der Waals surface area (Å²) in [5.41, 5.74) is 7.48. The quantitative estimate of drug-likeness (QED) is 0.381. The molecule has 0 amide bonds. The van der Waals surface area contributed by atoms with Gasteiger partial charge in [0.05, 0.1) is 10.6 Å². The Hall–Kier alpha value is -2.80. The summed E-state index contributed by atoms with van der Waals surface area (Å²) in [6.07, 6.45) is 0. The number of hydrogen-bond acceptors (Lipinski definition) is 4. The molecular weight excluding hydrogens is 324 g/mol. The molecule has 0 aromatic heterocycles. The molecule has 0 saturated carbocycles. The zero-order valence-electron chi connectivity index (χ0n) is 13.7. The highest BCUT2D eigenvalue weighted by Crippen LogP contribution is 2.16. The predicted octanol–water partition coefficient (Wildman–Crippen LogP) is 3.92. The van der Waals surface area contributed by atoms with Gasteiger partial charge in [0.15, 0.2) is 5.11 Å². The third-order valence-corrected chi connectivity index (χ3v) is 3.64. The van der Waals surface area contributed by atoms with Crippen LogP contribution in [0.25, 0.3) is 0 Å². The van der Waals surface area contributed by atoms with Gasteiger partial charge in [-0.2, -0.15) is 5.10 Å². The maximum absolute atomic E-state index is 10.7. The largest absolute Gasteiger partial charge is 0.331 e. The molecule has 0 atom stereocenters. The molecule has 24 heavy (non-hydrogen) atoms. The molecule has 0 unspecified atom stereocenters. The Kier molecular flexibility index (Phi) is 5.59. The number of anilines is 1. The van der Waals surface area contributed by atoms with Crippen molar-refractivity contribution in [3.63, 3.8) is 0 Å². The van der Waals surface area contributed by atoms with Crippen LogP contribution in [-0.2, 0) is 0 Å². The average Bonchev–Trinajstić information content (AvgIpc) is 2.55. The second kappa shape index (κ2) is 7.65. The number of rotatable bonds is 4. The Bertz CT molecular complexity index is 801. The summed E-state index contributed by atoms with van der Waals surface area (Å²) in [5.74, 6) is 0. The minimum atomic E-state index is -0.433. The number of aryl methyl sites for hydroxylation is 2. The number of nitrogens with one attached hydrogen (secondary N) is 2. The predicted molar refractivity (Wildman–Crippen MR) is 101 cm³/mol. The van der Waals surface area contributed by atoms with Crippen molar-refractivity contribution >= 4 is 34.4 Å². The van der Waals surface area contributed by atoms with Crippen LogP contribution in [0.4, 0.5) is 11.4 Å². The highest BCUT2D eigenvalue weighted by molar-refractivity contribution is 7.80. The Labute approximate surface area is 145 Å². The van der Waals surface area contributed by atoms with E-state index >= 15 is 0 Å². The van der Waals surface area contributed by atoms with Crippen molar-refractivity contribution in [2.24, 2.45) is 5.10 Å². The van der Waals surface area contributed by atoms with Crippen molar-refractivity contribution in [2.75, 3.05) is 5.32 Å². The van der Waals surface area contributed by atoms with E-state index < -0.39 is 4.92 Å². The van der Waals surface area contributed by atoms with E-state index in [0.717, 1.165) is 16.8 Å². The zero-order chi connectivity index (χ0) is 17.7. The lowest BCUT2D eigenvalue weighted by Crippen LogP contribution is -2.25. The second-order valence-electron chi connectivity index (χ2n) is 5.39. The van der Waals surface area contributed by atoms with Gasteiger partial charge in [-0.25, -0.2) is 0 Å². The lowest BCUT2D eigenvalue weighted by Gasteiger charge is -2.11. The molecule has 0 bridgehead atoms. The van der Waals surface area contributed by atoms with Crippen LogP contribution in [0.1, 0.15) is 23.6 Å². The molecule has 0 heterocycles. The van der Waals surface area contributed by atoms with Crippen LogP contribution in [0, 0.1) is 24.0 Å². The second-order valence-corrected chi connectivity index (χ2v) is 5.79. The molecule has 0 fully saturated rings. The first-order valence-corrected chi connectivity index (χ1v) is 7.71. The van der Waals surface area contributed by atoms with Gasteiger partial charge in [0, 0.05) is 17.8 Å². The van der Waals surface area contributed by atoms with Gasteiger partial charge < -0.3 is 5.32 Å². The molecule has 0 aliphatic carbocycles. The number of hydrogen-bond donors (Lipinski definition) is 2. The van der Waals surface area contributed by atoms with E-state index in [1.54, 1.807) is 19.1 Å². The lowest BCUT2D eigenvalue weighted by molar-refractivity contribution is -0.384. The smallest absolute Gasteiger partial charge is 0.269 e. The van der Waals surface area contributed by atoms with Crippen molar-refractivity contribution in [1.29, 1.82) is 0 Å². The van der Waals surface area contributed by atoms with E-state index in [1.807, 2.05) is 26.0 Å². The first-order valence-electron chi connectivity index (χ1n) is 7.30. The van der Waals surface area contributed by atoms with Crippen LogP contribution >= 0.6 is 12.2 Å². The first-order chi connectivity index (χ1) is 11.4. The van der Waals surface area contributed by atoms with Gasteiger partial charge in [-0.15, -0.1) is 0 Å². The summed E-state index contributed by atoms with van der Waals surface area (Å²) in [7, 11) is 0. The van der Waals surface area contributed by atoms with E-state index in [-0.39, 0.29) is 5.69 Å². The molecule has 0 spiro atoms. The number of hydrazone groups is 1. The molecule has 0 aliphatic rings. The summed E-state index contributed by atoms with van der Waals surface area (Å²) in [6.45, 7) is 5.84. The van der Waals surface area contributed by atoms with Crippen LogP contribution in [0.15, 0.2) is 47.6 Å². The number of nitro benzene ring substituents is 1. The zero-order valence-corrected chi connectivity index (χ0v) is 14.5. The van der Waals surface area contributed by atoms with Gasteiger partial charge in [-0.05, 0) is 62.3 Å². The summed E-state index contributed by atoms with van der Waals surface area (Å²) in [6, 6.07) is 12.2. The van der Waals surface area contributed by atoms with Gasteiger partial charge in [-0.1, -0.05) is 17.7 Å². The van der Waals surface area contributed by atoms with E-state index in [0.29, 0.717) is 10.8 Å². The third kappa shape index (κ3) is 4.60. The van der Waals surface area contributed by atoms with Gasteiger partial charge in [0.1, 0.15) is 0 Å². The van der Waals surface area contributed by atoms with Gasteiger partial charge in [-0.3, -0.25) is 15.5 Å². The van der Waals surface area contributed by atoms with Crippen molar-refractivity contribution in [3.8, 4) is 0 Å². The lowest BCUT2D eigenvalue weighted by atomic mass is 10.1. The van der Waals surface area contributed by atoms with Crippen molar-refractivity contribution < 1.29 is 4.92 Å². The topological polar surface area (TPSA) is 79.6 Å². The fourth-order valence-electron chi connectivity index (χ4n) is 2.13. The molecule has 2 aromatic rings. The normalized spacial score (nSPS) is 11.0. The first kappa shape index (κ1) is 17.6. The van der Waals surface area contributed by atoms with Gasteiger partial charge in [0.2, 0.25) is 0 Å². The Morgan fingerprint density at radius 3 is 2.42 bits per heavy atom. The van der Waals surface area contributed by atoms with Crippen molar-refractivity contribution in [1.82, 2.24) is 5.43 Å². The number of non-ortho nitro benzene ring substituents is 1. The van der Waals surface area contributed by atoms with E-state index in [2.05, 4.69) is 21.9 Å². The molecule has 0 saturated heterocycles. The van der Waals surface area contributed by atoms with Crippen LogP contribution < -0.4 is 10.7 Å². The minimum Gasteiger partial charge on any atom is -0.331 e. The monoisotopic (exact) mass is 342 g/mol. The van der Waals surface area contributed by atoms with E-state index in [1.165, 1.54) is 17.7 Å². The minimum absolute atomic E-state index is 0.0477. The van der Waals surface area contributed by atoms with Crippen molar-refractivity contribution in [3.05, 3.63) is 69.3 Å². The molecular formula is C17H18N4O2S. The molecule has 2 N–H and O–H groups in total. The SMILES string of the molecule is C/C(=N/NC(=S)Nc1ccc(C)cc1C)c1ccc([N+](=O)[O-])cc1. The maximum Gasteiger partial charge on any atom is 0.269 e. The number of benzene rings is 2. The molecule has 7 heteroatoms. The Balaban J connectivity index is 2.00. The highest BCUT2D eigenvalue weighted by atomic mass is 32.1.